The van der Waals surface area contributed by atoms with Crippen LogP contribution in [0.1, 0.15) is 51.1 Å². The van der Waals surface area contributed by atoms with Crippen molar-refractivity contribution in [2.24, 2.45) is 5.92 Å². The number of ether oxygens (including phenoxy) is 1. The summed E-state index contributed by atoms with van der Waals surface area (Å²) >= 11 is 0. The third kappa shape index (κ3) is 4.91. The largest absolute Gasteiger partial charge is 0.432 e. The number of hydrogen-bond donors (Lipinski definition) is 0. The Morgan fingerprint density at radius 2 is 1.38 bits per heavy atom. The van der Waals surface area contributed by atoms with E-state index in [9.17, 15) is 30.7 Å². The number of hydrogen-bond acceptors (Lipinski definition) is 1. The van der Waals surface area contributed by atoms with Crippen molar-refractivity contribution in [3.05, 3.63) is 88.7 Å². The van der Waals surface area contributed by atoms with E-state index in [1.165, 1.54) is 12.1 Å². The molecule has 0 spiro atoms. The summed E-state index contributed by atoms with van der Waals surface area (Å²) < 4.78 is 104. The van der Waals surface area contributed by atoms with Crippen molar-refractivity contribution in [1.82, 2.24) is 0 Å². The van der Waals surface area contributed by atoms with Gasteiger partial charge in [0.15, 0.2) is 11.6 Å². The Morgan fingerprint density at radius 1 is 0.735 bits per heavy atom. The molecule has 0 unspecified atom stereocenters. The first-order chi connectivity index (χ1) is 16.0. The fourth-order valence-electron chi connectivity index (χ4n) is 4.36. The molecule has 34 heavy (non-hydrogen) atoms. The highest BCUT2D eigenvalue weighted by Gasteiger charge is 2.41. The van der Waals surface area contributed by atoms with E-state index >= 15 is 0 Å². The first-order valence-corrected chi connectivity index (χ1v) is 10.9. The lowest BCUT2D eigenvalue weighted by atomic mass is 9.79. The molecule has 1 aliphatic carbocycles. The van der Waals surface area contributed by atoms with Gasteiger partial charge in [0.2, 0.25) is 0 Å². The Balaban J connectivity index is 0.00000342. The molecule has 0 aromatic heterocycles. The van der Waals surface area contributed by atoms with Crippen LogP contribution in [0, 0.1) is 35.0 Å². The van der Waals surface area contributed by atoms with Gasteiger partial charge in [0.05, 0.1) is 0 Å². The highest BCUT2D eigenvalue weighted by molar-refractivity contribution is 5.65. The maximum absolute atomic E-state index is 14.8. The number of halogens is 7. The van der Waals surface area contributed by atoms with Gasteiger partial charge in [0.1, 0.15) is 28.8 Å². The van der Waals surface area contributed by atoms with E-state index in [0.717, 1.165) is 31.2 Å². The summed E-state index contributed by atoms with van der Waals surface area (Å²) in [5, 5.41) is 0. The quantitative estimate of drug-likeness (QED) is 0.329. The molecule has 182 valence electrons. The van der Waals surface area contributed by atoms with Crippen molar-refractivity contribution in [3.63, 3.8) is 0 Å². The van der Waals surface area contributed by atoms with Crippen LogP contribution in [0.3, 0.4) is 0 Å². The molecular formula is C26H23F7O. The van der Waals surface area contributed by atoms with Gasteiger partial charge in [-0.2, -0.15) is 8.78 Å². The number of alkyl halides is 2. The van der Waals surface area contributed by atoms with Gasteiger partial charge in [-0.1, -0.05) is 31.9 Å². The molecule has 0 atom stereocenters. The van der Waals surface area contributed by atoms with Gasteiger partial charge in [-0.25, -0.2) is 22.0 Å². The summed E-state index contributed by atoms with van der Waals surface area (Å²) in [4.78, 5) is 0. The van der Waals surface area contributed by atoms with Crippen molar-refractivity contribution in [2.75, 3.05) is 0 Å². The second kappa shape index (κ2) is 9.31. The van der Waals surface area contributed by atoms with Crippen molar-refractivity contribution in [3.8, 4) is 16.9 Å². The first-order valence-electron chi connectivity index (χ1n) is 10.9. The summed E-state index contributed by atoms with van der Waals surface area (Å²) in [7, 11) is 0. The maximum atomic E-state index is 14.8. The number of benzene rings is 3. The lowest BCUT2D eigenvalue weighted by Crippen LogP contribution is -2.25. The summed E-state index contributed by atoms with van der Waals surface area (Å²) in [6.45, 7) is 2.17. The molecule has 0 radical (unpaired) electrons. The van der Waals surface area contributed by atoms with E-state index < -0.39 is 46.5 Å². The van der Waals surface area contributed by atoms with Crippen LogP contribution in [0.4, 0.5) is 30.7 Å². The zero-order valence-electron chi connectivity index (χ0n) is 18.2. The molecule has 3 aromatic carbocycles. The lowest BCUT2D eigenvalue weighted by molar-refractivity contribution is -0.189. The van der Waals surface area contributed by atoms with E-state index in [0.29, 0.717) is 36.2 Å². The van der Waals surface area contributed by atoms with Crippen molar-refractivity contribution >= 4 is 0 Å². The van der Waals surface area contributed by atoms with Crippen LogP contribution >= 0.6 is 0 Å². The standard InChI is InChI=1S/C26H21F7O.H2/c1-14-2-4-15(5-3-14)16-6-8-19(21(28)10-16)17-11-23(30)25(24(31)12-17)26(32,33)34-18-7-9-20(27)22(29)13-18;/h6-15H,2-5H2,1H3;1H. The zero-order valence-corrected chi connectivity index (χ0v) is 18.2. The van der Waals surface area contributed by atoms with Crippen LogP contribution in [-0.4, -0.2) is 0 Å². The minimum absolute atomic E-state index is 0. The molecule has 3 aromatic rings. The van der Waals surface area contributed by atoms with Gasteiger partial charge in [0.25, 0.3) is 0 Å². The monoisotopic (exact) mass is 484 g/mol. The van der Waals surface area contributed by atoms with Crippen LogP contribution in [0.2, 0.25) is 0 Å². The Morgan fingerprint density at radius 3 is 1.97 bits per heavy atom. The van der Waals surface area contributed by atoms with Crippen molar-refractivity contribution in [2.45, 2.75) is 44.6 Å². The SMILES string of the molecule is CC1CCC(c2ccc(-c3cc(F)c(C(F)(F)Oc4ccc(F)c(F)c4)c(F)c3)c(F)c2)CC1.[HH]. The highest BCUT2D eigenvalue weighted by atomic mass is 19.3. The Labute approximate surface area is 193 Å². The molecule has 0 aliphatic heterocycles. The molecular weight excluding hydrogens is 461 g/mol. The smallest absolute Gasteiger partial charge is 0.429 e. The molecule has 1 saturated carbocycles. The lowest BCUT2D eigenvalue weighted by Gasteiger charge is -2.26. The molecule has 1 aliphatic rings. The van der Waals surface area contributed by atoms with Crippen LogP contribution in [0.15, 0.2) is 48.5 Å². The van der Waals surface area contributed by atoms with Gasteiger partial charge < -0.3 is 4.74 Å². The van der Waals surface area contributed by atoms with Crippen molar-refractivity contribution in [1.29, 1.82) is 0 Å². The normalized spacial score (nSPS) is 18.7. The van der Waals surface area contributed by atoms with Crippen LogP contribution in [-0.2, 0) is 6.11 Å². The van der Waals surface area contributed by atoms with E-state index in [4.69, 9.17) is 0 Å². The van der Waals surface area contributed by atoms with Crippen LogP contribution < -0.4 is 4.74 Å². The molecule has 4 rings (SSSR count). The first kappa shape index (κ1) is 24.1. The summed E-state index contributed by atoms with van der Waals surface area (Å²) in [6, 6.07) is 7.12. The second-order valence-electron chi connectivity index (χ2n) is 8.71. The Hall–Kier alpha value is -3.03. The van der Waals surface area contributed by atoms with Crippen molar-refractivity contribution < 1.29 is 36.9 Å². The predicted octanol–water partition coefficient (Wildman–Crippen LogP) is 8.72. The molecule has 1 nitrogen and oxygen atoms in total. The minimum Gasteiger partial charge on any atom is -0.429 e. The van der Waals surface area contributed by atoms with Gasteiger partial charge in [0, 0.05) is 13.1 Å². The highest BCUT2D eigenvalue weighted by Crippen LogP contribution is 2.39. The third-order valence-electron chi connectivity index (χ3n) is 6.26. The van der Waals surface area contributed by atoms with Crippen LogP contribution in [0.25, 0.3) is 11.1 Å². The minimum atomic E-state index is -4.54. The van der Waals surface area contributed by atoms with E-state index in [1.54, 1.807) is 6.07 Å². The zero-order chi connectivity index (χ0) is 24.6. The van der Waals surface area contributed by atoms with Gasteiger partial charge >= 0.3 is 6.11 Å². The molecule has 0 saturated heterocycles. The molecule has 0 amide bonds. The van der Waals surface area contributed by atoms with Gasteiger partial charge in [-0.05, 0) is 66.1 Å². The molecule has 0 bridgehead atoms. The summed E-state index contributed by atoms with van der Waals surface area (Å²) in [5.41, 5.74) is -1.34. The average Bonchev–Trinajstić information content (AvgIpc) is 2.76. The topological polar surface area (TPSA) is 9.23 Å². The molecule has 8 heteroatoms. The second-order valence-corrected chi connectivity index (χ2v) is 8.71. The average molecular weight is 484 g/mol. The Bertz CT molecular complexity index is 1180. The summed E-state index contributed by atoms with van der Waals surface area (Å²) in [6.07, 6.45) is -0.632. The van der Waals surface area contributed by atoms with Gasteiger partial charge in [-0.3, -0.25) is 0 Å². The number of rotatable bonds is 5. The predicted molar refractivity (Wildman–Crippen MR) is 115 cm³/mol. The Kier molecular flexibility index (Phi) is 6.60. The molecule has 1 fully saturated rings. The van der Waals surface area contributed by atoms with Crippen LogP contribution in [0.5, 0.6) is 5.75 Å². The summed E-state index contributed by atoms with van der Waals surface area (Å²) in [5.74, 6) is -6.84. The van der Waals surface area contributed by atoms with E-state index in [2.05, 4.69) is 11.7 Å². The fourth-order valence-corrected chi connectivity index (χ4v) is 4.36. The van der Waals surface area contributed by atoms with E-state index in [-0.39, 0.29) is 18.5 Å². The third-order valence-corrected chi connectivity index (χ3v) is 6.26. The fraction of sp³-hybridized carbons (Fsp3) is 0.308. The van der Waals surface area contributed by atoms with E-state index in [1.807, 2.05) is 0 Å². The maximum Gasteiger partial charge on any atom is 0.432 e. The van der Waals surface area contributed by atoms with Gasteiger partial charge in [-0.15, -0.1) is 0 Å². The molecule has 0 N–H and O–H groups in total. The molecule has 0 heterocycles.